The molecule has 3 aromatic carbocycles. The van der Waals surface area contributed by atoms with Gasteiger partial charge in [-0.3, -0.25) is 0 Å². The van der Waals surface area contributed by atoms with Crippen LogP contribution in [0.2, 0.25) is 0 Å². The highest BCUT2D eigenvalue weighted by molar-refractivity contribution is 5.99. The van der Waals surface area contributed by atoms with E-state index in [9.17, 15) is 9.18 Å². The first-order valence-corrected chi connectivity index (χ1v) is 11.1. The number of aromatic nitrogens is 3. The third kappa shape index (κ3) is 5.94. The lowest BCUT2D eigenvalue weighted by Crippen LogP contribution is -2.19. The summed E-state index contributed by atoms with van der Waals surface area (Å²) in [5, 5.41) is 9.98. The number of benzene rings is 3. The number of hydrogen-bond donors (Lipinski definition) is 2. The lowest BCUT2D eigenvalue weighted by molar-refractivity contribution is 0.251. The average Bonchev–Trinajstić information content (AvgIpc) is 3.28. The molecule has 180 valence electrons. The van der Waals surface area contributed by atoms with Crippen molar-refractivity contribution in [1.82, 2.24) is 14.8 Å². The molecule has 0 aliphatic heterocycles. The molecule has 0 saturated carbocycles. The van der Waals surface area contributed by atoms with E-state index in [0.717, 1.165) is 0 Å². The molecule has 4 aromatic rings. The summed E-state index contributed by atoms with van der Waals surface area (Å²) in [4.78, 5) is 16.8. The van der Waals surface area contributed by atoms with E-state index in [0.29, 0.717) is 40.8 Å². The van der Waals surface area contributed by atoms with Crippen LogP contribution in [0.1, 0.15) is 13.8 Å². The highest BCUT2D eigenvalue weighted by atomic mass is 19.1. The molecule has 8 nitrogen and oxygen atoms in total. The van der Waals surface area contributed by atoms with Crippen molar-refractivity contribution in [3.05, 3.63) is 78.6 Å². The van der Waals surface area contributed by atoms with Crippen molar-refractivity contribution in [1.29, 1.82) is 0 Å². The Morgan fingerprint density at radius 2 is 1.60 bits per heavy atom. The minimum Gasteiger partial charge on any atom is -0.497 e. The fraction of sp³-hybridized carbons (Fsp3) is 0.192. The maximum Gasteiger partial charge on any atom is 0.336 e. The average molecular weight is 476 g/mol. The van der Waals surface area contributed by atoms with Crippen LogP contribution in [0.4, 0.5) is 20.6 Å². The van der Waals surface area contributed by atoms with E-state index in [1.165, 1.54) is 10.7 Å². The first-order chi connectivity index (χ1) is 16.9. The number of hydrogen-bond acceptors (Lipinski definition) is 5. The molecular formula is C26H26FN5O3. The Hall–Kier alpha value is -4.40. The van der Waals surface area contributed by atoms with Gasteiger partial charge in [-0.1, -0.05) is 26.0 Å². The summed E-state index contributed by atoms with van der Waals surface area (Å²) < 4.78 is 26.9. The largest absolute Gasteiger partial charge is 0.497 e. The summed E-state index contributed by atoms with van der Waals surface area (Å²) in [5.74, 6) is 0.894. The van der Waals surface area contributed by atoms with E-state index in [2.05, 4.69) is 20.7 Å². The summed E-state index contributed by atoms with van der Waals surface area (Å²) in [6.45, 7) is 4.48. The van der Waals surface area contributed by atoms with Gasteiger partial charge in [-0.05, 0) is 66.6 Å². The Morgan fingerprint density at radius 1 is 0.971 bits per heavy atom. The van der Waals surface area contributed by atoms with Crippen molar-refractivity contribution in [3.8, 4) is 28.8 Å². The Bertz CT molecular complexity index is 1290. The van der Waals surface area contributed by atoms with Crippen LogP contribution in [0, 0.1) is 11.7 Å². The van der Waals surface area contributed by atoms with Gasteiger partial charge in [-0.25, -0.2) is 13.9 Å². The van der Waals surface area contributed by atoms with Crippen LogP contribution in [0.5, 0.6) is 11.8 Å². The molecule has 0 fully saturated rings. The van der Waals surface area contributed by atoms with E-state index >= 15 is 0 Å². The molecule has 35 heavy (non-hydrogen) atoms. The predicted octanol–water partition coefficient (Wildman–Crippen LogP) is 5.76. The fourth-order valence-corrected chi connectivity index (χ4v) is 3.25. The zero-order chi connectivity index (χ0) is 24.8. The summed E-state index contributed by atoms with van der Waals surface area (Å²) in [7, 11) is 1.58. The van der Waals surface area contributed by atoms with E-state index in [4.69, 9.17) is 9.47 Å². The van der Waals surface area contributed by atoms with Crippen LogP contribution in [-0.4, -0.2) is 34.5 Å². The highest BCUT2D eigenvalue weighted by Crippen LogP contribution is 2.26. The van der Waals surface area contributed by atoms with Gasteiger partial charge in [0.15, 0.2) is 5.82 Å². The Kier molecular flexibility index (Phi) is 7.25. The molecule has 0 bridgehead atoms. The zero-order valence-electron chi connectivity index (χ0n) is 19.7. The third-order valence-corrected chi connectivity index (χ3v) is 4.97. The van der Waals surface area contributed by atoms with Crippen molar-refractivity contribution < 1.29 is 18.7 Å². The van der Waals surface area contributed by atoms with Crippen LogP contribution >= 0.6 is 0 Å². The maximum atomic E-state index is 14.5. The van der Waals surface area contributed by atoms with Gasteiger partial charge >= 0.3 is 12.0 Å². The monoisotopic (exact) mass is 475 g/mol. The van der Waals surface area contributed by atoms with Crippen molar-refractivity contribution in [3.63, 3.8) is 0 Å². The van der Waals surface area contributed by atoms with Crippen LogP contribution in [0.25, 0.3) is 17.1 Å². The van der Waals surface area contributed by atoms with Crippen molar-refractivity contribution in [2.24, 2.45) is 5.92 Å². The molecule has 0 aliphatic rings. The molecule has 0 unspecified atom stereocenters. The second kappa shape index (κ2) is 10.7. The first kappa shape index (κ1) is 23.7. The number of methoxy groups -OCH3 is 1. The molecule has 1 heterocycles. The zero-order valence-corrected chi connectivity index (χ0v) is 19.7. The second-order valence-corrected chi connectivity index (χ2v) is 8.17. The van der Waals surface area contributed by atoms with Crippen molar-refractivity contribution >= 4 is 17.4 Å². The molecular weight excluding hydrogens is 449 g/mol. The van der Waals surface area contributed by atoms with E-state index < -0.39 is 5.82 Å². The smallest absolute Gasteiger partial charge is 0.336 e. The number of nitrogens with one attached hydrogen (secondary N) is 2. The number of urea groups is 1. The minimum absolute atomic E-state index is 0.165. The summed E-state index contributed by atoms with van der Waals surface area (Å²) >= 11 is 0. The number of rotatable bonds is 8. The van der Waals surface area contributed by atoms with Gasteiger partial charge in [0.05, 0.1) is 25.0 Å². The number of carbonyl (C=O) groups excluding carboxylic acids is 1. The van der Waals surface area contributed by atoms with Gasteiger partial charge in [0.2, 0.25) is 0 Å². The molecule has 0 spiro atoms. The standard InChI is InChI=1S/C26H26FN5O3/c1-17(2)16-35-26-30-24(22-6-4-5-7-23(22)27)32(31-26)20-12-8-18(9-13-20)28-25(33)29-19-10-14-21(34-3)15-11-19/h4-15,17H,16H2,1-3H3,(H2,28,29,33). The van der Waals surface area contributed by atoms with Crippen LogP contribution in [0.3, 0.4) is 0 Å². The normalized spacial score (nSPS) is 10.8. The Morgan fingerprint density at radius 3 is 2.20 bits per heavy atom. The SMILES string of the molecule is COc1ccc(NC(=O)Nc2ccc(-n3nc(OCC(C)C)nc3-c3ccccc3F)cc2)cc1. The van der Waals surface area contributed by atoms with E-state index in [1.54, 1.807) is 73.8 Å². The molecule has 1 aromatic heterocycles. The third-order valence-electron chi connectivity index (χ3n) is 4.97. The topological polar surface area (TPSA) is 90.3 Å². The summed E-state index contributed by atoms with van der Waals surface area (Å²) in [6, 6.07) is 20.1. The Balaban J connectivity index is 1.53. The molecule has 2 N–H and O–H groups in total. The van der Waals surface area contributed by atoms with Gasteiger partial charge in [0.25, 0.3) is 0 Å². The number of nitrogens with zero attached hydrogens (tertiary/aromatic N) is 3. The van der Waals surface area contributed by atoms with Crippen molar-refractivity contribution in [2.75, 3.05) is 24.4 Å². The molecule has 0 saturated heterocycles. The highest BCUT2D eigenvalue weighted by Gasteiger charge is 2.18. The fourth-order valence-electron chi connectivity index (χ4n) is 3.25. The quantitative estimate of drug-likeness (QED) is 0.338. The molecule has 0 atom stereocenters. The first-order valence-electron chi connectivity index (χ1n) is 11.1. The maximum absolute atomic E-state index is 14.5. The summed E-state index contributed by atoms with van der Waals surface area (Å²) in [5.41, 5.74) is 2.14. The number of anilines is 2. The summed E-state index contributed by atoms with van der Waals surface area (Å²) in [6.07, 6.45) is 0. The van der Waals surface area contributed by atoms with Crippen LogP contribution in [0.15, 0.2) is 72.8 Å². The molecule has 9 heteroatoms. The van der Waals surface area contributed by atoms with Gasteiger partial charge in [0, 0.05) is 11.4 Å². The Labute approximate surface area is 202 Å². The van der Waals surface area contributed by atoms with Gasteiger partial charge in [0.1, 0.15) is 11.6 Å². The van der Waals surface area contributed by atoms with Gasteiger partial charge in [-0.15, -0.1) is 5.10 Å². The molecule has 0 radical (unpaired) electrons. The van der Waals surface area contributed by atoms with Crippen molar-refractivity contribution in [2.45, 2.75) is 13.8 Å². The second-order valence-electron chi connectivity index (χ2n) is 8.17. The van der Waals surface area contributed by atoms with E-state index in [-0.39, 0.29) is 18.0 Å². The number of amides is 2. The predicted molar refractivity (Wildman–Crippen MR) is 133 cm³/mol. The number of halogens is 1. The lowest BCUT2D eigenvalue weighted by Gasteiger charge is -2.10. The van der Waals surface area contributed by atoms with E-state index in [1.807, 2.05) is 13.8 Å². The van der Waals surface area contributed by atoms with Crippen LogP contribution in [-0.2, 0) is 0 Å². The minimum atomic E-state index is -0.412. The van der Waals surface area contributed by atoms with Crippen LogP contribution < -0.4 is 20.1 Å². The molecule has 0 aliphatic carbocycles. The van der Waals surface area contributed by atoms with Gasteiger partial charge < -0.3 is 20.1 Å². The molecule has 4 rings (SSSR count). The molecule has 2 amide bonds. The number of ether oxygens (including phenoxy) is 2. The van der Waals surface area contributed by atoms with Gasteiger partial charge in [-0.2, -0.15) is 4.98 Å². The lowest BCUT2D eigenvalue weighted by atomic mass is 10.2. The number of carbonyl (C=O) groups is 1.